The molecule has 0 spiro atoms. The van der Waals surface area contributed by atoms with Crippen LogP contribution in [-0.4, -0.2) is 26.9 Å². The molecule has 0 aliphatic carbocycles. The zero-order valence-corrected chi connectivity index (χ0v) is 14.5. The van der Waals surface area contributed by atoms with E-state index in [9.17, 15) is 0 Å². The van der Waals surface area contributed by atoms with E-state index >= 15 is 0 Å². The molecule has 7 heteroatoms. The lowest BCUT2D eigenvalue weighted by molar-refractivity contribution is 0.413. The van der Waals surface area contributed by atoms with Crippen LogP contribution in [0.3, 0.4) is 0 Å². The van der Waals surface area contributed by atoms with Crippen LogP contribution in [0.15, 0.2) is 30.6 Å². The topological polar surface area (TPSA) is 88.7 Å². The molecule has 0 saturated carbocycles. The Hall–Kier alpha value is -3.40. The molecule has 0 saturated heterocycles. The number of aryl methyl sites for hydroxylation is 2. The van der Waals surface area contributed by atoms with E-state index in [-0.39, 0.29) is 0 Å². The van der Waals surface area contributed by atoms with E-state index in [2.05, 4.69) is 26.5 Å². The Morgan fingerprint density at radius 3 is 2.44 bits per heavy atom. The summed E-state index contributed by atoms with van der Waals surface area (Å²) in [5.41, 5.74) is 5.04. The maximum Gasteiger partial charge on any atom is 0.227 e. The standard InChI is InChI=1S/C18H18N6O/c1-11-17(12(2)24(3)23-11)22-18-20-9-15(10-21-18)13-5-6-14(8-19)16(7-13)25-4/h5-7,9-10H,1-4H3,(H,20,21,22). The molecule has 0 amide bonds. The van der Waals surface area contributed by atoms with Gasteiger partial charge in [0.15, 0.2) is 0 Å². The highest BCUT2D eigenvalue weighted by Crippen LogP contribution is 2.27. The van der Waals surface area contributed by atoms with Crippen molar-refractivity contribution in [2.24, 2.45) is 7.05 Å². The number of nitriles is 1. The number of nitrogens with one attached hydrogen (secondary N) is 1. The van der Waals surface area contributed by atoms with Gasteiger partial charge in [0.2, 0.25) is 5.95 Å². The van der Waals surface area contributed by atoms with Gasteiger partial charge in [-0.2, -0.15) is 10.4 Å². The first-order valence-corrected chi connectivity index (χ1v) is 7.71. The van der Waals surface area contributed by atoms with Crippen LogP contribution in [0.1, 0.15) is 17.0 Å². The zero-order valence-electron chi connectivity index (χ0n) is 14.5. The molecule has 25 heavy (non-hydrogen) atoms. The number of ether oxygens (including phenoxy) is 1. The lowest BCUT2D eigenvalue weighted by Crippen LogP contribution is -1.99. The van der Waals surface area contributed by atoms with Gasteiger partial charge in [0.05, 0.1) is 29.7 Å². The SMILES string of the molecule is COc1cc(-c2cnc(Nc3c(C)nn(C)c3C)nc2)ccc1C#N. The second-order valence-corrected chi connectivity index (χ2v) is 5.62. The lowest BCUT2D eigenvalue weighted by Gasteiger charge is -2.08. The molecule has 0 aliphatic heterocycles. The second-order valence-electron chi connectivity index (χ2n) is 5.62. The fraction of sp³-hybridized carbons (Fsp3) is 0.222. The van der Waals surface area contributed by atoms with E-state index in [1.807, 2.05) is 31.6 Å². The molecule has 2 aromatic heterocycles. The number of hydrogen-bond donors (Lipinski definition) is 1. The van der Waals surface area contributed by atoms with Gasteiger partial charge in [-0.05, 0) is 31.5 Å². The Bertz CT molecular complexity index is 953. The number of aromatic nitrogens is 4. The molecule has 0 unspecified atom stereocenters. The fourth-order valence-electron chi connectivity index (χ4n) is 2.57. The fourth-order valence-corrected chi connectivity index (χ4v) is 2.57. The molecule has 0 radical (unpaired) electrons. The van der Waals surface area contributed by atoms with E-state index in [1.54, 1.807) is 31.6 Å². The molecule has 1 N–H and O–H groups in total. The summed E-state index contributed by atoms with van der Waals surface area (Å²) in [4.78, 5) is 8.75. The van der Waals surface area contributed by atoms with Crippen LogP contribution in [0.25, 0.3) is 11.1 Å². The van der Waals surface area contributed by atoms with Crippen molar-refractivity contribution in [2.75, 3.05) is 12.4 Å². The third kappa shape index (κ3) is 3.15. The van der Waals surface area contributed by atoms with Gasteiger partial charge in [-0.3, -0.25) is 4.68 Å². The predicted molar refractivity (Wildman–Crippen MR) is 94.7 cm³/mol. The maximum absolute atomic E-state index is 9.06. The van der Waals surface area contributed by atoms with Crippen molar-refractivity contribution >= 4 is 11.6 Å². The van der Waals surface area contributed by atoms with Gasteiger partial charge < -0.3 is 10.1 Å². The molecular formula is C18H18N6O. The average molecular weight is 334 g/mol. The van der Waals surface area contributed by atoms with Crippen molar-refractivity contribution in [1.29, 1.82) is 5.26 Å². The maximum atomic E-state index is 9.06. The van der Waals surface area contributed by atoms with Crippen molar-refractivity contribution in [3.8, 4) is 22.9 Å². The smallest absolute Gasteiger partial charge is 0.227 e. The largest absolute Gasteiger partial charge is 0.495 e. The average Bonchev–Trinajstić information content (AvgIpc) is 2.88. The molecule has 126 valence electrons. The zero-order chi connectivity index (χ0) is 18.0. The molecule has 1 aromatic carbocycles. The van der Waals surface area contributed by atoms with Crippen LogP contribution in [0.2, 0.25) is 0 Å². The van der Waals surface area contributed by atoms with Crippen molar-refractivity contribution in [3.05, 3.63) is 47.5 Å². The summed E-state index contributed by atoms with van der Waals surface area (Å²) in [7, 11) is 3.44. The number of methoxy groups -OCH3 is 1. The minimum absolute atomic E-state index is 0.494. The molecule has 0 aliphatic rings. The van der Waals surface area contributed by atoms with Crippen LogP contribution in [0.4, 0.5) is 11.6 Å². The van der Waals surface area contributed by atoms with Crippen molar-refractivity contribution in [2.45, 2.75) is 13.8 Å². The van der Waals surface area contributed by atoms with Gasteiger partial charge in [0, 0.05) is 25.0 Å². The van der Waals surface area contributed by atoms with Crippen LogP contribution in [-0.2, 0) is 7.05 Å². The van der Waals surface area contributed by atoms with Crippen LogP contribution < -0.4 is 10.1 Å². The third-order valence-corrected chi connectivity index (χ3v) is 4.05. The minimum atomic E-state index is 0.494. The predicted octanol–water partition coefficient (Wildman–Crippen LogP) is 3.12. The first-order valence-electron chi connectivity index (χ1n) is 7.71. The van der Waals surface area contributed by atoms with Crippen LogP contribution in [0, 0.1) is 25.2 Å². The summed E-state index contributed by atoms with van der Waals surface area (Å²) in [5.74, 6) is 1.03. The van der Waals surface area contributed by atoms with Gasteiger partial charge in [-0.1, -0.05) is 6.07 Å². The summed E-state index contributed by atoms with van der Waals surface area (Å²) in [6.07, 6.45) is 3.47. The monoisotopic (exact) mass is 334 g/mol. The molecular weight excluding hydrogens is 316 g/mol. The van der Waals surface area contributed by atoms with Crippen molar-refractivity contribution in [1.82, 2.24) is 19.7 Å². The second kappa shape index (κ2) is 6.61. The first-order chi connectivity index (χ1) is 12.0. The quantitative estimate of drug-likeness (QED) is 0.788. The highest BCUT2D eigenvalue weighted by molar-refractivity contribution is 5.67. The number of rotatable bonds is 4. The van der Waals surface area contributed by atoms with Crippen LogP contribution in [0.5, 0.6) is 5.75 Å². The number of benzene rings is 1. The van der Waals surface area contributed by atoms with E-state index in [0.717, 1.165) is 28.2 Å². The van der Waals surface area contributed by atoms with E-state index < -0.39 is 0 Å². The van der Waals surface area contributed by atoms with Gasteiger partial charge in [-0.15, -0.1) is 0 Å². The van der Waals surface area contributed by atoms with Crippen LogP contribution >= 0.6 is 0 Å². The molecule has 0 atom stereocenters. The van der Waals surface area contributed by atoms with E-state index in [4.69, 9.17) is 10.00 Å². The molecule has 7 nitrogen and oxygen atoms in total. The highest BCUT2D eigenvalue weighted by atomic mass is 16.5. The number of hydrogen-bond acceptors (Lipinski definition) is 6. The van der Waals surface area contributed by atoms with E-state index in [0.29, 0.717) is 17.3 Å². The summed E-state index contributed by atoms with van der Waals surface area (Å²) >= 11 is 0. The number of anilines is 2. The summed E-state index contributed by atoms with van der Waals surface area (Å²) in [5, 5.41) is 16.6. The van der Waals surface area contributed by atoms with Gasteiger partial charge >= 0.3 is 0 Å². The van der Waals surface area contributed by atoms with Gasteiger partial charge in [0.25, 0.3) is 0 Å². The van der Waals surface area contributed by atoms with E-state index in [1.165, 1.54) is 0 Å². The van der Waals surface area contributed by atoms with Crippen molar-refractivity contribution in [3.63, 3.8) is 0 Å². The first kappa shape index (κ1) is 16.5. The normalized spacial score (nSPS) is 10.4. The Balaban J connectivity index is 1.87. The van der Waals surface area contributed by atoms with Crippen molar-refractivity contribution < 1.29 is 4.74 Å². The molecule has 2 heterocycles. The third-order valence-electron chi connectivity index (χ3n) is 4.05. The Morgan fingerprint density at radius 1 is 1.16 bits per heavy atom. The number of nitrogens with zero attached hydrogens (tertiary/aromatic N) is 5. The van der Waals surface area contributed by atoms with Gasteiger partial charge in [-0.25, -0.2) is 9.97 Å². The molecule has 3 aromatic rings. The Morgan fingerprint density at radius 2 is 1.88 bits per heavy atom. The molecule has 3 rings (SSSR count). The molecule has 0 bridgehead atoms. The minimum Gasteiger partial charge on any atom is -0.495 e. The Labute approximate surface area is 145 Å². The summed E-state index contributed by atoms with van der Waals surface area (Å²) < 4.78 is 7.06. The Kier molecular flexibility index (Phi) is 4.35. The molecule has 0 fully saturated rings. The van der Waals surface area contributed by atoms with Gasteiger partial charge in [0.1, 0.15) is 11.8 Å². The highest BCUT2D eigenvalue weighted by Gasteiger charge is 2.11. The lowest BCUT2D eigenvalue weighted by atomic mass is 10.1. The summed E-state index contributed by atoms with van der Waals surface area (Å²) in [6.45, 7) is 3.92. The summed E-state index contributed by atoms with van der Waals surface area (Å²) in [6, 6.07) is 7.48.